The highest BCUT2D eigenvalue weighted by atomic mass is 19.2. The minimum Gasteiger partial charge on any atom is -0.465 e. The molecule has 1 unspecified atom stereocenters. The van der Waals surface area contributed by atoms with Gasteiger partial charge in [-0.15, -0.1) is 0 Å². The molecule has 0 N–H and O–H groups in total. The Kier molecular flexibility index (Phi) is 3.16. The first kappa shape index (κ1) is 10.4. The molecule has 1 aliphatic rings. The maximum absolute atomic E-state index is 12.8. The molecule has 0 saturated carbocycles. The average molecular weight is 214 g/mol. The highest BCUT2D eigenvalue weighted by molar-refractivity contribution is 5.23. The number of hydrogen-bond acceptors (Lipinski definition) is 2. The van der Waals surface area contributed by atoms with Crippen molar-refractivity contribution in [3.8, 4) is 5.75 Å². The van der Waals surface area contributed by atoms with Crippen LogP contribution in [0.15, 0.2) is 18.2 Å². The molecule has 0 aliphatic carbocycles. The van der Waals surface area contributed by atoms with Gasteiger partial charge in [0.1, 0.15) is 5.75 Å². The summed E-state index contributed by atoms with van der Waals surface area (Å²) in [5.74, 6) is -1.46. The van der Waals surface area contributed by atoms with Crippen molar-refractivity contribution in [3.63, 3.8) is 0 Å². The zero-order chi connectivity index (χ0) is 10.7. The van der Waals surface area contributed by atoms with E-state index in [1.807, 2.05) is 0 Å². The van der Waals surface area contributed by atoms with Gasteiger partial charge in [0.25, 0.3) is 0 Å². The van der Waals surface area contributed by atoms with Gasteiger partial charge in [-0.25, -0.2) is 8.78 Å². The molecule has 0 bridgehead atoms. The monoisotopic (exact) mass is 214 g/mol. The predicted octanol–water partition coefficient (Wildman–Crippen LogP) is 2.87. The second kappa shape index (κ2) is 4.57. The SMILES string of the molecule is Fc1ccc(OC2CCCCO2)cc1F. The molecule has 0 aromatic heterocycles. The first-order valence-corrected chi connectivity index (χ1v) is 4.99. The number of rotatable bonds is 2. The highest BCUT2D eigenvalue weighted by Crippen LogP contribution is 2.20. The fraction of sp³-hybridized carbons (Fsp3) is 0.455. The second-order valence-corrected chi connectivity index (χ2v) is 3.49. The van der Waals surface area contributed by atoms with Gasteiger partial charge in [0.15, 0.2) is 17.9 Å². The predicted molar refractivity (Wildman–Crippen MR) is 50.6 cm³/mol. The third kappa shape index (κ3) is 2.65. The van der Waals surface area contributed by atoms with E-state index in [-0.39, 0.29) is 6.29 Å². The molecule has 0 amide bonds. The molecule has 1 aromatic rings. The lowest BCUT2D eigenvalue weighted by Gasteiger charge is -2.23. The van der Waals surface area contributed by atoms with Gasteiger partial charge in [0.05, 0.1) is 6.61 Å². The van der Waals surface area contributed by atoms with Gasteiger partial charge in [-0.1, -0.05) is 0 Å². The van der Waals surface area contributed by atoms with E-state index in [1.54, 1.807) is 0 Å². The molecular formula is C11H12F2O2. The average Bonchev–Trinajstić information content (AvgIpc) is 2.25. The molecule has 2 rings (SSSR count). The Labute approximate surface area is 86.8 Å². The maximum Gasteiger partial charge on any atom is 0.199 e. The van der Waals surface area contributed by atoms with Crippen molar-refractivity contribution >= 4 is 0 Å². The van der Waals surface area contributed by atoms with Crippen LogP contribution < -0.4 is 4.74 Å². The van der Waals surface area contributed by atoms with Crippen LogP contribution in [0.5, 0.6) is 5.75 Å². The summed E-state index contributed by atoms with van der Waals surface area (Å²) < 4.78 is 36.1. The Balaban J connectivity index is 2.00. The lowest BCUT2D eigenvalue weighted by atomic mass is 10.2. The molecule has 15 heavy (non-hydrogen) atoms. The summed E-state index contributed by atoms with van der Waals surface area (Å²) in [6.07, 6.45) is 2.52. The van der Waals surface area contributed by atoms with Crippen LogP contribution in [0.4, 0.5) is 8.78 Å². The Hall–Kier alpha value is -1.16. The van der Waals surface area contributed by atoms with Gasteiger partial charge in [-0.05, 0) is 25.0 Å². The Morgan fingerprint density at radius 2 is 2.07 bits per heavy atom. The van der Waals surface area contributed by atoms with E-state index in [9.17, 15) is 8.78 Å². The van der Waals surface area contributed by atoms with E-state index in [0.717, 1.165) is 31.4 Å². The first-order valence-electron chi connectivity index (χ1n) is 4.99. The molecule has 82 valence electrons. The zero-order valence-corrected chi connectivity index (χ0v) is 8.21. The molecule has 0 spiro atoms. The van der Waals surface area contributed by atoms with E-state index in [1.165, 1.54) is 6.07 Å². The normalized spacial score (nSPS) is 21.3. The molecule has 0 radical (unpaired) electrons. The van der Waals surface area contributed by atoms with E-state index in [0.29, 0.717) is 12.4 Å². The summed E-state index contributed by atoms with van der Waals surface area (Å²) in [5.41, 5.74) is 0. The number of benzene rings is 1. The van der Waals surface area contributed by atoms with Crippen LogP contribution in [0.3, 0.4) is 0 Å². The Morgan fingerprint density at radius 1 is 1.20 bits per heavy atom. The van der Waals surface area contributed by atoms with Crippen molar-refractivity contribution < 1.29 is 18.3 Å². The molecule has 1 atom stereocenters. The molecule has 1 heterocycles. The molecule has 1 aliphatic heterocycles. The topological polar surface area (TPSA) is 18.5 Å². The van der Waals surface area contributed by atoms with Crippen molar-refractivity contribution in [2.24, 2.45) is 0 Å². The molecular weight excluding hydrogens is 202 g/mol. The van der Waals surface area contributed by atoms with Gasteiger partial charge in [-0.2, -0.15) is 0 Å². The maximum atomic E-state index is 12.8. The minimum absolute atomic E-state index is 0.306. The number of hydrogen-bond donors (Lipinski definition) is 0. The third-order valence-corrected chi connectivity index (χ3v) is 2.30. The molecule has 1 saturated heterocycles. The Morgan fingerprint density at radius 3 is 2.73 bits per heavy atom. The highest BCUT2D eigenvalue weighted by Gasteiger charge is 2.15. The first-order chi connectivity index (χ1) is 7.25. The van der Waals surface area contributed by atoms with E-state index in [4.69, 9.17) is 9.47 Å². The number of ether oxygens (including phenoxy) is 2. The van der Waals surface area contributed by atoms with Crippen molar-refractivity contribution in [2.75, 3.05) is 6.61 Å². The molecule has 1 aromatic carbocycles. The van der Waals surface area contributed by atoms with Gasteiger partial charge in [-0.3, -0.25) is 0 Å². The standard InChI is InChI=1S/C11H12F2O2/c12-9-5-4-8(7-10(9)13)15-11-3-1-2-6-14-11/h4-5,7,11H,1-3,6H2. The summed E-state index contributed by atoms with van der Waals surface area (Å²) in [5, 5.41) is 0. The zero-order valence-electron chi connectivity index (χ0n) is 8.21. The molecule has 2 nitrogen and oxygen atoms in total. The van der Waals surface area contributed by atoms with Gasteiger partial charge >= 0.3 is 0 Å². The van der Waals surface area contributed by atoms with Crippen molar-refractivity contribution in [2.45, 2.75) is 25.6 Å². The largest absolute Gasteiger partial charge is 0.465 e. The molecule has 4 heteroatoms. The number of halogens is 2. The summed E-state index contributed by atoms with van der Waals surface area (Å²) in [6.45, 7) is 0.661. The lowest BCUT2D eigenvalue weighted by Crippen LogP contribution is -2.25. The third-order valence-electron chi connectivity index (χ3n) is 2.30. The van der Waals surface area contributed by atoms with E-state index in [2.05, 4.69) is 0 Å². The Bertz CT molecular complexity index is 335. The summed E-state index contributed by atoms with van der Waals surface area (Å²) in [7, 11) is 0. The quantitative estimate of drug-likeness (QED) is 0.753. The summed E-state index contributed by atoms with van der Waals surface area (Å²) >= 11 is 0. The summed E-state index contributed by atoms with van der Waals surface area (Å²) in [6, 6.07) is 3.48. The van der Waals surface area contributed by atoms with E-state index < -0.39 is 11.6 Å². The van der Waals surface area contributed by atoms with Crippen molar-refractivity contribution in [3.05, 3.63) is 29.8 Å². The fourth-order valence-electron chi connectivity index (χ4n) is 1.51. The summed E-state index contributed by atoms with van der Waals surface area (Å²) in [4.78, 5) is 0. The van der Waals surface area contributed by atoms with Crippen LogP contribution in [0, 0.1) is 11.6 Å². The van der Waals surface area contributed by atoms with Crippen LogP contribution in [0.25, 0.3) is 0 Å². The lowest BCUT2D eigenvalue weighted by molar-refractivity contribution is -0.106. The van der Waals surface area contributed by atoms with Crippen molar-refractivity contribution in [1.82, 2.24) is 0 Å². The van der Waals surface area contributed by atoms with Gasteiger partial charge in [0, 0.05) is 12.5 Å². The van der Waals surface area contributed by atoms with E-state index >= 15 is 0 Å². The second-order valence-electron chi connectivity index (χ2n) is 3.49. The van der Waals surface area contributed by atoms with Gasteiger partial charge in [0.2, 0.25) is 0 Å². The van der Waals surface area contributed by atoms with Crippen molar-refractivity contribution in [1.29, 1.82) is 0 Å². The van der Waals surface area contributed by atoms with Crippen LogP contribution in [0.2, 0.25) is 0 Å². The minimum atomic E-state index is -0.900. The van der Waals surface area contributed by atoms with Crippen LogP contribution in [-0.4, -0.2) is 12.9 Å². The van der Waals surface area contributed by atoms with Crippen LogP contribution >= 0.6 is 0 Å². The van der Waals surface area contributed by atoms with Crippen LogP contribution in [0.1, 0.15) is 19.3 Å². The van der Waals surface area contributed by atoms with Gasteiger partial charge < -0.3 is 9.47 Å². The fourth-order valence-corrected chi connectivity index (χ4v) is 1.51. The smallest absolute Gasteiger partial charge is 0.199 e. The molecule has 1 fully saturated rings. The van der Waals surface area contributed by atoms with Crippen LogP contribution in [-0.2, 0) is 4.74 Å².